The first-order valence-electron chi connectivity index (χ1n) is 12.5. The van der Waals surface area contributed by atoms with E-state index >= 15 is 0 Å². The zero-order valence-corrected chi connectivity index (χ0v) is 21.9. The summed E-state index contributed by atoms with van der Waals surface area (Å²) in [6.07, 6.45) is 1.74. The molecular weight excluding hydrogens is 502 g/mol. The lowest BCUT2D eigenvalue weighted by Gasteiger charge is -2.35. The largest absolute Gasteiger partial charge is 0.491 e. The second-order valence-corrected chi connectivity index (χ2v) is 9.57. The number of hydrogen-bond donors (Lipinski definition) is 2. The minimum Gasteiger partial charge on any atom is -0.491 e. The molecule has 0 radical (unpaired) electrons. The van der Waals surface area contributed by atoms with E-state index in [4.69, 9.17) is 21.1 Å². The summed E-state index contributed by atoms with van der Waals surface area (Å²) in [6, 6.07) is 24.7. The van der Waals surface area contributed by atoms with Crippen molar-refractivity contribution in [1.29, 1.82) is 0 Å². The molecular formula is C29H30ClN5O3. The maximum atomic E-state index is 12.6. The third kappa shape index (κ3) is 6.52. The van der Waals surface area contributed by atoms with Gasteiger partial charge in [0.2, 0.25) is 0 Å². The average molecular weight is 532 g/mol. The van der Waals surface area contributed by atoms with E-state index in [1.165, 1.54) is 5.56 Å². The number of carbonyl (C=O) groups is 1. The third-order valence-corrected chi connectivity index (χ3v) is 6.70. The number of amides is 2. The molecule has 3 aromatic carbocycles. The molecule has 0 saturated carbocycles. The van der Waals surface area contributed by atoms with Crippen LogP contribution in [0.4, 0.5) is 16.2 Å². The third-order valence-electron chi connectivity index (χ3n) is 6.45. The van der Waals surface area contributed by atoms with Gasteiger partial charge in [0, 0.05) is 48.3 Å². The standard InChI is InChI=1S/C29H30ClN5O3/c1-34-27(13-14-31-34)26-17-24(33-29(36)32-23-9-7-22(30)8-10-23)11-12-28(26)38-20-25-19-37-16-15-35(25)18-21-5-3-2-4-6-21/h2-14,17,25H,15-16,18-20H2,1H3,(H2,32,33,36). The molecule has 0 aliphatic carbocycles. The maximum absolute atomic E-state index is 12.6. The van der Waals surface area contributed by atoms with Crippen molar-refractivity contribution in [2.45, 2.75) is 12.6 Å². The summed E-state index contributed by atoms with van der Waals surface area (Å²) in [5.74, 6) is 0.711. The number of benzene rings is 3. The highest BCUT2D eigenvalue weighted by molar-refractivity contribution is 6.30. The van der Waals surface area contributed by atoms with Crippen LogP contribution >= 0.6 is 11.6 Å². The molecule has 1 aliphatic rings. The zero-order chi connectivity index (χ0) is 26.3. The number of aryl methyl sites for hydroxylation is 1. The van der Waals surface area contributed by atoms with Crippen molar-refractivity contribution in [1.82, 2.24) is 14.7 Å². The van der Waals surface area contributed by atoms with Crippen molar-refractivity contribution in [2.24, 2.45) is 7.05 Å². The van der Waals surface area contributed by atoms with Crippen LogP contribution in [-0.4, -0.2) is 53.1 Å². The van der Waals surface area contributed by atoms with Crippen LogP contribution in [0.25, 0.3) is 11.3 Å². The first-order valence-corrected chi connectivity index (χ1v) is 12.9. The van der Waals surface area contributed by atoms with E-state index in [0.717, 1.165) is 24.3 Å². The molecule has 8 nitrogen and oxygen atoms in total. The lowest BCUT2D eigenvalue weighted by Crippen LogP contribution is -2.48. The first-order chi connectivity index (χ1) is 18.5. The number of urea groups is 1. The summed E-state index contributed by atoms with van der Waals surface area (Å²) >= 11 is 5.93. The molecule has 1 fully saturated rings. The molecule has 1 unspecified atom stereocenters. The highest BCUT2D eigenvalue weighted by Gasteiger charge is 2.24. The number of halogens is 1. The maximum Gasteiger partial charge on any atom is 0.323 e. The van der Waals surface area contributed by atoms with E-state index < -0.39 is 0 Å². The van der Waals surface area contributed by atoms with Gasteiger partial charge in [-0.25, -0.2) is 4.79 Å². The van der Waals surface area contributed by atoms with Crippen LogP contribution in [0.1, 0.15) is 5.56 Å². The van der Waals surface area contributed by atoms with Crippen LogP contribution in [0.2, 0.25) is 5.02 Å². The Morgan fingerprint density at radius 3 is 2.58 bits per heavy atom. The topological polar surface area (TPSA) is 80.7 Å². The smallest absolute Gasteiger partial charge is 0.323 e. The highest BCUT2D eigenvalue weighted by atomic mass is 35.5. The van der Waals surface area contributed by atoms with Gasteiger partial charge >= 0.3 is 6.03 Å². The summed E-state index contributed by atoms with van der Waals surface area (Å²) < 4.78 is 14.0. The van der Waals surface area contributed by atoms with E-state index in [9.17, 15) is 4.79 Å². The highest BCUT2D eigenvalue weighted by Crippen LogP contribution is 2.33. The molecule has 1 aromatic heterocycles. The Balaban J connectivity index is 1.31. The molecule has 0 spiro atoms. The zero-order valence-electron chi connectivity index (χ0n) is 21.1. The van der Waals surface area contributed by atoms with Crippen molar-refractivity contribution in [2.75, 3.05) is 37.0 Å². The number of hydrogen-bond acceptors (Lipinski definition) is 5. The van der Waals surface area contributed by atoms with Crippen molar-refractivity contribution in [3.05, 3.63) is 95.6 Å². The van der Waals surface area contributed by atoms with Crippen LogP contribution in [-0.2, 0) is 18.3 Å². The van der Waals surface area contributed by atoms with Crippen molar-refractivity contribution < 1.29 is 14.3 Å². The molecule has 2 amide bonds. The molecule has 1 aliphatic heterocycles. The molecule has 1 saturated heterocycles. The molecule has 2 heterocycles. The van der Waals surface area contributed by atoms with E-state index in [0.29, 0.717) is 42.0 Å². The lowest BCUT2D eigenvalue weighted by atomic mass is 10.1. The van der Waals surface area contributed by atoms with Crippen LogP contribution in [0.15, 0.2) is 85.1 Å². The minimum absolute atomic E-state index is 0.117. The van der Waals surface area contributed by atoms with Gasteiger partial charge in [-0.2, -0.15) is 5.10 Å². The number of morpholine rings is 1. The number of anilines is 2. The quantitative estimate of drug-likeness (QED) is 0.306. The molecule has 4 aromatic rings. The summed E-state index contributed by atoms with van der Waals surface area (Å²) in [4.78, 5) is 15.0. The number of nitrogens with zero attached hydrogens (tertiary/aromatic N) is 3. The van der Waals surface area contributed by atoms with Gasteiger partial charge in [0.15, 0.2) is 0 Å². The van der Waals surface area contributed by atoms with Crippen LogP contribution < -0.4 is 15.4 Å². The van der Waals surface area contributed by atoms with Gasteiger partial charge in [-0.05, 0) is 54.1 Å². The van der Waals surface area contributed by atoms with E-state index in [-0.39, 0.29) is 12.1 Å². The van der Waals surface area contributed by atoms with Gasteiger partial charge in [-0.15, -0.1) is 0 Å². The van der Waals surface area contributed by atoms with Gasteiger partial charge in [0.1, 0.15) is 12.4 Å². The molecule has 1 atom stereocenters. The summed E-state index contributed by atoms with van der Waals surface area (Å²) in [6.45, 7) is 3.49. The van der Waals surface area contributed by atoms with Gasteiger partial charge in [-0.3, -0.25) is 9.58 Å². The fourth-order valence-electron chi connectivity index (χ4n) is 4.45. The van der Waals surface area contributed by atoms with Crippen LogP contribution in [0.3, 0.4) is 0 Å². The number of aromatic nitrogens is 2. The van der Waals surface area contributed by atoms with Gasteiger partial charge in [-0.1, -0.05) is 41.9 Å². The number of rotatable bonds is 8. The van der Waals surface area contributed by atoms with Crippen molar-refractivity contribution in [3.63, 3.8) is 0 Å². The molecule has 2 N–H and O–H groups in total. The normalized spacial score (nSPS) is 15.7. The predicted octanol–water partition coefficient (Wildman–Crippen LogP) is 5.66. The summed E-state index contributed by atoms with van der Waals surface area (Å²) in [5, 5.41) is 10.6. The van der Waals surface area contributed by atoms with Gasteiger partial charge in [0.25, 0.3) is 0 Å². The predicted molar refractivity (Wildman–Crippen MR) is 150 cm³/mol. The monoisotopic (exact) mass is 531 g/mol. The Kier molecular flexibility index (Phi) is 8.23. The molecule has 38 heavy (non-hydrogen) atoms. The SMILES string of the molecule is Cn1nccc1-c1cc(NC(=O)Nc2ccc(Cl)cc2)ccc1OCC1COCCN1Cc1ccccc1. The number of ether oxygens (including phenoxy) is 2. The Bertz CT molecular complexity index is 1360. The van der Waals surface area contributed by atoms with Gasteiger partial charge in [0.05, 0.1) is 24.9 Å². The molecule has 5 rings (SSSR count). The number of carbonyl (C=O) groups excluding carboxylic acids is 1. The average Bonchev–Trinajstić information content (AvgIpc) is 3.36. The summed E-state index contributed by atoms with van der Waals surface area (Å²) in [5.41, 5.74) is 4.26. The van der Waals surface area contributed by atoms with Crippen molar-refractivity contribution in [3.8, 4) is 17.0 Å². The first kappa shape index (κ1) is 25.8. The molecule has 196 valence electrons. The Hall–Kier alpha value is -3.85. The van der Waals surface area contributed by atoms with Gasteiger partial charge < -0.3 is 20.1 Å². The Labute approximate surface area is 227 Å². The van der Waals surface area contributed by atoms with E-state index in [2.05, 4.69) is 44.9 Å². The minimum atomic E-state index is -0.354. The van der Waals surface area contributed by atoms with E-state index in [1.54, 1.807) is 35.1 Å². The second-order valence-electron chi connectivity index (χ2n) is 9.13. The van der Waals surface area contributed by atoms with Crippen molar-refractivity contribution >= 4 is 29.0 Å². The van der Waals surface area contributed by atoms with E-state index in [1.807, 2.05) is 37.4 Å². The Morgan fingerprint density at radius 1 is 1.05 bits per heavy atom. The Morgan fingerprint density at radius 2 is 1.82 bits per heavy atom. The van der Waals surface area contributed by atoms with Crippen LogP contribution in [0.5, 0.6) is 5.75 Å². The number of nitrogens with one attached hydrogen (secondary N) is 2. The lowest BCUT2D eigenvalue weighted by molar-refractivity contribution is -0.0273. The summed E-state index contributed by atoms with van der Waals surface area (Å²) in [7, 11) is 1.88. The fourth-order valence-corrected chi connectivity index (χ4v) is 4.58. The second kappa shape index (κ2) is 12.1. The fraction of sp³-hybridized carbons (Fsp3) is 0.241. The molecule has 9 heteroatoms. The molecule has 0 bridgehead atoms. The van der Waals surface area contributed by atoms with Crippen LogP contribution in [0, 0.1) is 0 Å².